The summed E-state index contributed by atoms with van der Waals surface area (Å²) in [5, 5.41) is 0. The van der Waals surface area contributed by atoms with Crippen LogP contribution in [0, 0.1) is 42.4 Å². The Bertz CT molecular complexity index is 742. The predicted octanol–water partition coefficient (Wildman–Crippen LogP) is 2.19. The molecule has 1 aromatic rings. The fourth-order valence-corrected chi connectivity index (χ4v) is 4.98. The van der Waals surface area contributed by atoms with Crippen LogP contribution in [0.15, 0.2) is 36.4 Å². The first kappa shape index (κ1) is 13.2. The van der Waals surface area contributed by atoms with Crippen LogP contribution in [0.1, 0.15) is 22.3 Å². The molecule has 3 amide bonds. The molecule has 2 saturated carbocycles. The van der Waals surface area contributed by atoms with Crippen molar-refractivity contribution in [2.24, 2.45) is 35.5 Å². The van der Waals surface area contributed by atoms with E-state index in [1.54, 1.807) is 12.1 Å². The standard InChI is InChI=1S/C19H17NO3/c1-9-2-4-10(5-3-9)17(21)20-18(22)15-11-6-7-12(14-8-13(11)14)16(15)19(20)23/h2-7,11-16H,8H2,1H3/t11-,12-,13-,14-,15-,16+/m0/s1. The van der Waals surface area contributed by atoms with Gasteiger partial charge in [-0.05, 0) is 49.1 Å². The maximum atomic E-state index is 12.8. The average Bonchev–Trinajstić information content (AvgIpc) is 3.32. The molecule has 1 heterocycles. The molecule has 1 aromatic carbocycles. The van der Waals surface area contributed by atoms with E-state index < -0.39 is 5.91 Å². The van der Waals surface area contributed by atoms with Crippen molar-refractivity contribution in [3.05, 3.63) is 47.5 Å². The third-order valence-corrected chi connectivity index (χ3v) is 6.16. The van der Waals surface area contributed by atoms with Crippen LogP contribution < -0.4 is 0 Å². The van der Waals surface area contributed by atoms with Gasteiger partial charge in [0.2, 0.25) is 11.8 Å². The van der Waals surface area contributed by atoms with Crippen LogP contribution in [0.4, 0.5) is 0 Å². The quantitative estimate of drug-likeness (QED) is 0.590. The normalized spacial score (nSPS) is 39.4. The van der Waals surface area contributed by atoms with Gasteiger partial charge in [0.1, 0.15) is 0 Å². The molecule has 1 aliphatic heterocycles. The lowest BCUT2D eigenvalue weighted by atomic mass is 9.63. The third kappa shape index (κ3) is 1.58. The topological polar surface area (TPSA) is 54.5 Å². The van der Waals surface area contributed by atoms with Crippen LogP contribution in [-0.2, 0) is 9.59 Å². The molecule has 0 spiro atoms. The van der Waals surface area contributed by atoms with E-state index in [-0.39, 0.29) is 35.5 Å². The van der Waals surface area contributed by atoms with Crippen LogP contribution in [0.25, 0.3) is 0 Å². The Kier molecular flexibility index (Phi) is 2.41. The van der Waals surface area contributed by atoms with Crippen molar-refractivity contribution in [3.8, 4) is 0 Å². The number of benzene rings is 1. The Hall–Kier alpha value is -2.23. The highest BCUT2D eigenvalue weighted by atomic mass is 16.2. The summed E-state index contributed by atoms with van der Waals surface area (Å²) < 4.78 is 0. The van der Waals surface area contributed by atoms with Crippen molar-refractivity contribution >= 4 is 17.7 Å². The molecule has 3 fully saturated rings. The van der Waals surface area contributed by atoms with E-state index in [1.807, 2.05) is 19.1 Å². The molecular formula is C19H17NO3. The maximum absolute atomic E-state index is 12.8. The van der Waals surface area contributed by atoms with Gasteiger partial charge in [-0.2, -0.15) is 0 Å². The summed E-state index contributed by atoms with van der Waals surface area (Å²) in [7, 11) is 0. The van der Waals surface area contributed by atoms with E-state index in [1.165, 1.54) is 0 Å². The van der Waals surface area contributed by atoms with Gasteiger partial charge in [0, 0.05) is 5.56 Å². The number of hydrogen-bond donors (Lipinski definition) is 0. The van der Waals surface area contributed by atoms with Crippen LogP contribution in [-0.4, -0.2) is 22.6 Å². The van der Waals surface area contributed by atoms with Gasteiger partial charge in [0.25, 0.3) is 5.91 Å². The second kappa shape index (κ2) is 4.19. The molecule has 23 heavy (non-hydrogen) atoms. The van der Waals surface area contributed by atoms with Crippen LogP contribution in [0.5, 0.6) is 0 Å². The van der Waals surface area contributed by atoms with Crippen molar-refractivity contribution in [2.45, 2.75) is 13.3 Å². The van der Waals surface area contributed by atoms with Gasteiger partial charge >= 0.3 is 0 Å². The summed E-state index contributed by atoms with van der Waals surface area (Å²) >= 11 is 0. The number of carbonyl (C=O) groups excluding carboxylic acids is 3. The molecule has 0 N–H and O–H groups in total. The van der Waals surface area contributed by atoms with Crippen LogP contribution in [0.3, 0.4) is 0 Å². The van der Waals surface area contributed by atoms with Crippen molar-refractivity contribution in [2.75, 3.05) is 0 Å². The Morgan fingerprint density at radius 1 is 0.957 bits per heavy atom. The lowest BCUT2D eigenvalue weighted by Gasteiger charge is -2.37. The molecule has 1 saturated heterocycles. The molecule has 6 rings (SSSR count). The van der Waals surface area contributed by atoms with E-state index in [2.05, 4.69) is 12.2 Å². The zero-order valence-corrected chi connectivity index (χ0v) is 12.8. The second-order valence-corrected chi connectivity index (χ2v) is 7.34. The summed E-state index contributed by atoms with van der Waals surface area (Å²) in [4.78, 5) is 39.3. The lowest BCUT2D eigenvalue weighted by Crippen LogP contribution is -2.40. The molecule has 116 valence electrons. The number of nitrogens with zero attached hydrogens (tertiary/aromatic N) is 1. The molecular weight excluding hydrogens is 290 g/mol. The summed E-state index contributed by atoms with van der Waals surface area (Å²) in [6.45, 7) is 1.94. The summed E-state index contributed by atoms with van der Waals surface area (Å²) in [5.41, 5.74) is 1.44. The molecule has 5 aliphatic rings. The lowest BCUT2D eigenvalue weighted by molar-refractivity contribution is -0.136. The predicted molar refractivity (Wildman–Crippen MR) is 82.1 cm³/mol. The molecule has 4 nitrogen and oxygen atoms in total. The minimum atomic E-state index is -0.470. The molecule has 0 radical (unpaired) electrons. The second-order valence-electron chi connectivity index (χ2n) is 7.34. The van der Waals surface area contributed by atoms with Gasteiger partial charge < -0.3 is 0 Å². The minimum Gasteiger partial charge on any atom is -0.274 e. The first-order chi connectivity index (χ1) is 11.1. The smallest absolute Gasteiger partial charge is 0.267 e. The van der Waals surface area contributed by atoms with Gasteiger partial charge in [-0.1, -0.05) is 29.8 Å². The Balaban J connectivity index is 1.52. The van der Waals surface area contributed by atoms with Gasteiger partial charge in [0.05, 0.1) is 11.8 Å². The van der Waals surface area contributed by atoms with E-state index in [0.29, 0.717) is 17.4 Å². The van der Waals surface area contributed by atoms with Crippen molar-refractivity contribution in [1.82, 2.24) is 4.90 Å². The Labute approximate surface area is 134 Å². The Morgan fingerprint density at radius 3 is 2.00 bits per heavy atom. The molecule has 4 aliphatic carbocycles. The molecule has 0 aromatic heterocycles. The van der Waals surface area contributed by atoms with Crippen LogP contribution >= 0.6 is 0 Å². The van der Waals surface area contributed by atoms with Gasteiger partial charge in [-0.25, -0.2) is 4.90 Å². The third-order valence-electron chi connectivity index (χ3n) is 6.16. The summed E-state index contributed by atoms with van der Waals surface area (Å²) in [6, 6.07) is 7.02. The van der Waals surface area contributed by atoms with Crippen molar-refractivity contribution < 1.29 is 14.4 Å². The first-order valence-corrected chi connectivity index (χ1v) is 8.25. The number of likely N-dealkylation sites (tertiary alicyclic amines) is 1. The summed E-state index contributed by atoms with van der Waals surface area (Å²) in [6.07, 6.45) is 5.36. The largest absolute Gasteiger partial charge is 0.274 e. The zero-order valence-electron chi connectivity index (χ0n) is 12.8. The highest BCUT2D eigenvalue weighted by Crippen LogP contribution is 2.65. The Morgan fingerprint density at radius 2 is 1.48 bits per heavy atom. The number of amides is 3. The van der Waals surface area contributed by atoms with Crippen molar-refractivity contribution in [3.63, 3.8) is 0 Å². The SMILES string of the molecule is Cc1ccc(C(=O)N2C(=O)[C@@H]3[C@H]4C=C[C@@H]([C@@H]5C[C@@H]45)[C@@H]3C2=O)cc1. The summed E-state index contributed by atoms with van der Waals surface area (Å²) in [5.74, 6) is -0.237. The number of aryl methyl sites for hydroxylation is 1. The number of imide groups is 3. The number of rotatable bonds is 1. The fraction of sp³-hybridized carbons (Fsp3) is 0.421. The fourth-order valence-electron chi connectivity index (χ4n) is 4.98. The minimum absolute atomic E-state index is 0.155. The monoisotopic (exact) mass is 307 g/mol. The number of carbonyl (C=O) groups is 3. The highest BCUT2D eigenvalue weighted by Gasteiger charge is 2.67. The number of hydrogen-bond acceptors (Lipinski definition) is 3. The molecule has 0 unspecified atom stereocenters. The molecule has 4 heteroatoms. The average molecular weight is 307 g/mol. The number of allylic oxidation sites excluding steroid dienone is 2. The van der Waals surface area contributed by atoms with Gasteiger partial charge in [0.15, 0.2) is 0 Å². The van der Waals surface area contributed by atoms with E-state index in [4.69, 9.17) is 0 Å². The maximum Gasteiger partial charge on any atom is 0.267 e. The van der Waals surface area contributed by atoms with Crippen molar-refractivity contribution in [1.29, 1.82) is 0 Å². The van der Waals surface area contributed by atoms with Gasteiger partial charge in [-0.3, -0.25) is 14.4 Å². The highest BCUT2D eigenvalue weighted by molar-refractivity contribution is 6.21. The van der Waals surface area contributed by atoms with E-state index >= 15 is 0 Å². The van der Waals surface area contributed by atoms with E-state index in [0.717, 1.165) is 16.9 Å². The zero-order chi connectivity index (χ0) is 15.9. The first-order valence-electron chi connectivity index (χ1n) is 8.25. The molecule has 2 bridgehead atoms. The molecule has 6 atom stereocenters. The van der Waals surface area contributed by atoms with Crippen LogP contribution in [0.2, 0.25) is 0 Å². The van der Waals surface area contributed by atoms with E-state index in [9.17, 15) is 14.4 Å². The van der Waals surface area contributed by atoms with Gasteiger partial charge in [-0.15, -0.1) is 0 Å².